The third-order valence-corrected chi connectivity index (χ3v) is 8.58. The Morgan fingerprint density at radius 2 is 1.63 bits per heavy atom. The van der Waals surface area contributed by atoms with Crippen molar-refractivity contribution in [2.75, 3.05) is 13.7 Å². The van der Waals surface area contributed by atoms with Crippen molar-refractivity contribution >= 4 is 11.9 Å². The average molecular weight is 556 g/mol. The molecule has 2 fully saturated rings. The zero-order valence-corrected chi connectivity index (χ0v) is 23.7. The molecular formula is C34H37NO6. The van der Waals surface area contributed by atoms with Crippen molar-refractivity contribution in [1.82, 2.24) is 4.90 Å². The normalized spacial score (nSPS) is 23.2. The fourth-order valence-electron chi connectivity index (χ4n) is 6.37. The summed E-state index contributed by atoms with van der Waals surface area (Å²) in [7, 11) is 1.60. The van der Waals surface area contributed by atoms with Gasteiger partial charge in [-0.25, -0.2) is 4.79 Å². The molecular weight excluding hydrogens is 518 g/mol. The number of benzene rings is 3. The molecule has 7 heteroatoms. The summed E-state index contributed by atoms with van der Waals surface area (Å²) in [6.07, 6.45) is 2.78. The van der Waals surface area contributed by atoms with Gasteiger partial charge in [0.15, 0.2) is 17.6 Å². The van der Waals surface area contributed by atoms with Gasteiger partial charge < -0.3 is 23.8 Å². The Kier molecular flexibility index (Phi) is 7.97. The fraction of sp³-hybridized carbons (Fsp3) is 0.412. The minimum absolute atomic E-state index is 0.0493. The van der Waals surface area contributed by atoms with Crippen molar-refractivity contribution in [3.63, 3.8) is 0 Å². The molecule has 0 bridgehead atoms. The van der Waals surface area contributed by atoms with Gasteiger partial charge >= 0.3 is 5.97 Å². The highest BCUT2D eigenvalue weighted by Crippen LogP contribution is 2.53. The lowest BCUT2D eigenvalue weighted by molar-refractivity contribution is -0.163. The van der Waals surface area contributed by atoms with Gasteiger partial charge in [-0.15, -0.1) is 0 Å². The molecule has 0 radical (unpaired) electrons. The second-order valence-corrected chi connectivity index (χ2v) is 11.2. The molecule has 4 atom stereocenters. The molecule has 7 nitrogen and oxygen atoms in total. The van der Waals surface area contributed by atoms with E-state index in [1.807, 2.05) is 72.8 Å². The van der Waals surface area contributed by atoms with Gasteiger partial charge in [0.2, 0.25) is 0 Å². The molecule has 0 spiro atoms. The number of fused-ring (bicyclic) bond motifs is 2. The van der Waals surface area contributed by atoms with Gasteiger partial charge in [-0.05, 0) is 60.8 Å². The van der Waals surface area contributed by atoms with Crippen LogP contribution in [0.4, 0.5) is 0 Å². The first-order valence-corrected chi connectivity index (χ1v) is 14.6. The molecule has 3 aliphatic rings. The van der Waals surface area contributed by atoms with Gasteiger partial charge in [0.05, 0.1) is 19.8 Å². The van der Waals surface area contributed by atoms with E-state index in [1.54, 1.807) is 18.9 Å². The first kappa shape index (κ1) is 27.3. The van der Waals surface area contributed by atoms with Gasteiger partial charge in [-0.1, -0.05) is 66.7 Å². The highest BCUT2D eigenvalue weighted by molar-refractivity contribution is 5.89. The summed E-state index contributed by atoms with van der Waals surface area (Å²) in [6.45, 7) is 2.60. The number of rotatable bonds is 10. The van der Waals surface area contributed by atoms with Crippen LogP contribution in [-0.2, 0) is 38.6 Å². The molecule has 1 aliphatic heterocycles. The summed E-state index contributed by atoms with van der Waals surface area (Å²) in [5.74, 6) is 1.99. The molecule has 0 aromatic heterocycles. The summed E-state index contributed by atoms with van der Waals surface area (Å²) >= 11 is 0. The Labute approximate surface area is 241 Å². The SMILES string of the molecule is CCOC(=O)C1Cc2c(ccc(OC)c2OCc2ccccc2)CN1C(=O)C(OC1CC2CC2C1)c1ccccc1. The van der Waals surface area contributed by atoms with Crippen LogP contribution in [-0.4, -0.2) is 42.6 Å². The first-order valence-electron chi connectivity index (χ1n) is 14.6. The molecule has 1 amide bonds. The molecule has 3 aromatic rings. The van der Waals surface area contributed by atoms with E-state index in [1.165, 1.54) is 6.42 Å². The predicted octanol–water partition coefficient (Wildman–Crippen LogP) is 5.65. The van der Waals surface area contributed by atoms with Crippen LogP contribution in [0.5, 0.6) is 11.5 Å². The zero-order valence-electron chi connectivity index (χ0n) is 23.7. The summed E-state index contributed by atoms with van der Waals surface area (Å²) in [4.78, 5) is 29.4. The number of carbonyl (C=O) groups is 2. The fourth-order valence-corrected chi connectivity index (χ4v) is 6.37. The number of nitrogens with zero attached hydrogens (tertiary/aromatic N) is 1. The second-order valence-electron chi connectivity index (χ2n) is 11.2. The number of ether oxygens (including phenoxy) is 4. The quantitative estimate of drug-likeness (QED) is 0.301. The van der Waals surface area contributed by atoms with Crippen molar-refractivity contribution in [3.05, 3.63) is 95.1 Å². The summed E-state index contributed by atoms with van der Waals surface area (Å²) in [6, 6.07) is 22.5. The zero-order chi connectivity index (χ0) is 28.3. The number of amides is 1. The maximum absolute atomic E-state index is 14.4. The Balaban J connectivity index is 1.32. The minimum Gasteiger partial charge on any atom is -0.493 e. The van der Waals surface area contributed by atoms with E-state index in [0.29, 0.717) is 18.1 Å². The maximum Gasteiger partial charge on any atom is 0.329 e. The second kappa shape index (κ2) is 12.0. The third-order valence-electron chi connectivity index (χ3n) is 8.58. The molecule has 0 saturated heterocycles. The molecule has 0 N–H and O–H groups in total. The lowest BCUT2D eigenvalue weighted by Crippen LogP contribution is -2.51. The van der Waals surface area contributed by atoms with E-state index in [9.17, 15) is 9.59 Å². The van der Waals surface area contributed by atoms with Crippen LogP contribution < -0.4 is 9.47 Å². The number of methoxy groups -OCH3 is 1. The average Bonchev–Trinajstić information content (AvgIpc) is 3.63. The van der Waals surface area contributed by atoms with Crippen LogP contribution in [0.1, 0.15) is 54.5 Å². The lowest BCUT2D eigenvalue weighted by Gasteiger charge is -2.38. The van der Waals surface area contributed by atoms with E-state index in [2.05, 4.69) is 0 Å². The molecule has 41 heavy (non-hydrogen) atoms. The van der Waals surface area contributed by atoms with Gasteiger partial charge in [0, 0.05) is 18.5 Å². The maximum atomic E-state index is 14.4. The van der Waals surface area contributed by atoms with Gasteiger partial charge in [0.25, 0.3) is 5.91 Å². The third kappa shape index (κ3) is 5.82. The number of esters is 1. The molecule has 2 saturated carbocycles. The molecule has 1 heterocycles. The van der Waals surface area contributed by atoms with Crippen molar-refractivity contribution in [2.24, 2.45) is 11.8 Å². The van der Waals surface area contributed by atoms with Gasteiger partial charge in [-0.2, -0.15) is 0 Å². The van der Waals surface area contributed by atoms with E-state index >= 15 is 0 Å². The standard InChI is InChI=1S/C34H37NO6/c1-3-39-34(37)29-19-28-24(14-15-30(38-2)32(28)40-21-22-10-6-4-7-11-22)20-35(29)33(36)31(23-12-8-5-9-13-23)41-27-17-25-16-26(25)18-27/h4-15,25-27,29,31H,3,16-21H2,1-2H3. The van der Waals surface area contributed by atoms with E-state index < -0.39 is 18.1 Å². The summed E-state index contributed by atoms with van der Waals surface area (Å²) < 4.78 is 24.0. The van der Waals surface area contributed by atoms with Gasteiger partial charge in [0.1, 0.15) is 12.6 Å². The largest absolute Gasteiger partial charge is 0.493 e. The smallest absolute Gasteiger partial charge is 0.329 e. The molecule has 3 aromatic carbocycles. The van der Waals surface area contributed by atoms with Crippen LogP contribution in [0.2, 0.25) is 0 Å². The van der Waals surface area contributed by atoms with Crippen molar-refractivity contribution in [1.29, 1.82) is 0 Å². The van der Waals surface area contributed by atoms with E-state index in [0.717, 1.165) is 46.9 Å². The molecule has 6 rings (SSSR count). The summed E-state index contributed by atoms with van der Waals surface area (Å²) in [5.41, 5.74) is 3.59. The van der Waals surface area contributed by atoms with Crippen LogP contribution in [0, 0.1) is 11.8 Å². The Bertz CT molecular complexity index is 1370. The number of hydrogen-bond donors (Lipinski definition) is 0. The highest BCUT2D eigenvalue weighted by Gasteiger charge is 2.48. The van der Waals surface area contributed by atoms with Crippen molar-refractivity contribution in [2.45, 2.75) is 64.0 Å². The van der Waals surface area contributed by atoms with Gasteiger partial charge in [-0.3, -0.25) is 4.79 Å². The van der Waals surface area contributed by atoms with Crippen LogP contribution in [0.25, 0.3) is 0 Å². The van der Waals surface area contributed by atoms with Crippen LogP contribution >= 0.6 is 0 Å². The Morgan fingerprint density at radius 3 is 2.32 bits per heavy atom. The Hall–Kier alpha value is -3.84. The van der Waals surface area contributed by atoms with E-state index in [4.69, 9.17) is 18.9 Å². The molecule has 4 unspecified atom stereocenters. The number of carbonyl (C=O) groups excluding carboxylic acids is 2. The predicted molar refractivity (Wildman–Crippen MR) is 153 cm³/mol. The lowest BCUT2D eigenvalue weighted by atomic mass is 9.91. The summed E-state index contributed by atoms with van der Waals surface area (Å²) in [5, 5.41) is 0. The van der Waals surface area contributed by atoms with Crippen molar-refractivity contribution < 1.29 is 28.5 Å². The topological polar surface area (TPSA) is 74.3 Å². The molecule has 2 aliphatic carbocycles. The van der Waals surface area contributed by atoms with Crippen LogP contribution in [0.15, 0.2) is 72.8 Å². The highest BCUT2D eigenvalue weighted by atomic mass is 16.5. The monoisotopic (exact) mass is 555 g/mol. The first-order chi connectivity index (χ1) is 20.1. The van der Waals surface area contributed by atoms with Crippen molar-refractivity contribution in [3.8, 4) is 11.5 Å². The molecule has 214 valence electrons. The van der Waals surface area contributed by atoms with E-state index in [-0.39, 0.29) is 31.6 Å². The van der Waals surface area contributed by atoms with Crippen LogP contribution in [0.3, 0.4) is 0 Å². The minimum atomic E-state index is -0.812. The number of hydrogen-bond acceptors (Lipinski definition) is 6. The Morgan fingerprint density at radius 1 is 0.927 bits per heavy atom.